The molecule has 1 heteroatoms. The van der Waals surface area contributed by atoms with Crippen LogP contribution in [0.1, 0.15) is 72.6 Å². The van der Waals surface area contributed by atoms with Crippen molar-refractivity contribution in [1.82, 2.24) is 5.32 Å². The molecule has 2 rings (SSSR count). The first-order valence-electron chi connectivity index (χ1n) is 7.28. The average Bonchev–Trinajstić information content (AvgIpc) is 2.51. The van der Waals surface area contributed by atoms with Crippen LogP contribution in [0.15, 0.2) is 0 Å². The highest BCUT2D eigenvalue weighted by molar-refractivity contribution is 5.02. The molecule has 94 valence electrons. The summed E-state index contributed by atoms with van der Waals surface area (Å²) in [5, 5.41) is 4.01. The molecule has 4 unspecified atom stereocenters. The Bertz CT molecular complexity index is 250. The number of fused-ring (bicyclic) bond motifs is 1. The van der Waals surface area contributed by atoms with Gasteiger partial charge in [-0.25, -0.2) is 0 Å². The maximum atomic E-state index is 4.01. The fourth-order valence-electron chi connectivity index (χ4n) is 3.87. The van der Waals surface area contributed by atoms with Gasteiger partial charge in [0.25, 0.3) is 0 Å². The highest BCUT2D eigenvalue weighted by Gasteiger charge is 2.46. The van der Waals surface area contributed by atoms with E-state index in [0.29, 0.717) is 11.0 Å². The Labute approximate surface area is 101 Å². The molecule has 0 aromatic carbocycles. The van der Waals surface area contributed by atoms with Crippen LogP contribution in [0.3, 0.4) is 0 Å². The van der Waals surface area contributed by atoms with E-state index in [2.05, 4.69) is 33.0 Å². The van der Waals surface area contributed by atoms with Gasteiger partial charge in [-0.2, -0.15) is 0 Å². The van der Waals surface area contributed by atoms with E-state index in [4.69, 9.17) is 0 Å². The Morgan fingerprint density at radius 1 is 1.12 bits per heavy atom. The molecule has 2 fully saturated rings. The SMILES string of the molecule is CCC1(C)CCCCC2(C)C(C)CCC2N1. The predicted octanol–water partition coefficient (Wildman–Crippen LogP) is 4.12. The molecule has 1 heterocycles. The summed E-state index contributed by atoms with van der Waals surface area (Å²) in [5.41, 5.74) is 0.966. The van der Waals surface area contributed by atoms with E-state index >= 15 is 0 Å². The van der Waals surface area contributed by atoms with E-state index in [9.17, 15) is 0 Å². The summed E-state index contributed by atoms with van der Waals surface area (Å²) in [6.45, 7) is 9.77. The molecule has 0 radical (unpaired) electrons. The van der Waals surface area contributed by atoms with Crippen LogP contribution >= 0.6 is 0 Å². The zero-order chi connectivity index (χ0) is 11.8. The third-order valence-electron chi connectivity index (χ3n) is 5.81. The first-order chi connectivity index (χ1) is 7.50. The summed E-state index contributed by atoms with van der Waals surface area (Å²) in [4.78, 5) is 0. The highest BCUT2D eigenvalue weighted by atomic mass is 15.0. The Kier molecular flexibility index (Phi) is 3.36. The van der Waals surface area contributed by atoms with Gasteiger partial charge in [-0.15, -0.1) is 0 Å². The van der Waals surface area contributed by atoms with Gasteiger partial charge in [0.05, 0.1) is 0 Å². The van der Waals surface area contributed by atoms with E-state index in [1.165, 1.54) is 44.9 Å². The van der Waals surface area contributed by atoms with Gasteiger partial charge in [-0.1, -0.05) is 33.6 Å². The largest absolute Gasteiger partial charge is 0.308 e. The summed E-state index contributed by atoms with van der Waals surface area (Å²) < 4.78 is 0. The van der Waals surface area contributed by atoms with Gasteiger partial charge < -0.3 is 5.32 Å². The minimum Gasteiger partial charge on any atom is -0.308 e. The molecule has 0 aromatic heterocycles. The third-order valence-corrected chi connectivity index (χ3v) is 5.81. The van der Waals surface area contributed by atoms with Gasteiger partial charge in [0.15, 0.2) is 0 Å². The molecule has 1 saturated carbocycles. The van der Waals surface area contributed by atoms with Gasteiger partial charge >= 0.3 is 0 Å². The normalized spacial score (nSPS) is 49.5. The molecular formula is C15H29N. The second kappa shape index (κ2) is 4.33. The van der Waals surface area contributed by atoms with Crippen LogP contribution in [0.4, 0.5) is 0 Å². The second-order valence-electron chi connectivity index (χ2n) is 6.80. The zero-order valence-corrected chi connectivity index (χ0v) is 11.6. The smallest absolute Gasteiger partial charge is 0.0153 e. The molecule has 0 amide bonds. The van der Waals surface area contributed by atoms with Crippen LogP contribution < -0.4 is 5.32 Å². The standard InChI is InChI=1S/C15H29N/c1-5-14(3)10-6-7-11-15(4)12(2)8-9-13(15)16-14/h12-13,16H,5-11H2,1-4H3. The summed E-state index contributed by atoms with van der Waals surface area (Å²) in [5.74, 6) is 0.907. The molecule has 2 aliphatic rings. The maximum Gasteiger partial charge on any atom is 0.0153 e. The molecule has 1 aliphatic heterocycles. The van der Waals surface area contributed by atoms with E-state index in [0.717, 1.165) is 12.0 Å². The van der Waals surface area contributed by atoms with Crippen molar-refractivity contribution in [2.45, 2.75) is 84.2 Å². The zero-order valence-electron chi connectivity index (χ0n) is 11.6. The van der Waals surface area contributed by atoms with Crippen LogP contribution in [-0.2, 0) is 0 Å². The lowest BCUT2D eigenvalue weighted by atomic mass is 9.71. The van der Waals surface area contributed by atoms with E-state index in [1.807, 2.05) is 0 Å². The Morgan fingerprint density at radius 3 is 2.50 bits per heavy atom. The van der Waals surface area contributed by atoms with Gasteiger partial charge in [-0.05, 0) is 50.4 Å². The Morgan fingerprint density at radius 2 is 1.81 bits per heavy atom. The molecule has 0 spiro atoms. The second-order valence-corrected chi connectivity index (χ2v) is 6.80. The molecule has 1 aliphatic carbocycles. The topological polar surface area (TPSA) is 12.0 Å². The summed E-state index contributed by atoms with van der Waals surface area (Å²) in [6, 6.07) is 0.771. The first kappa shape index (κ1) is 12.4. The molecule has 1 nitrogen and oxygen atoms in total. The summed E-state index contributed by atoms with van der Waals surface area (Å²) in [7, 11) is 0. The Balaban J connectivity index is 2.17. The van der Waals surface area contributed by atoms with E-state index in [-0.39, 0.29) is 0 Å². The summed E-state index contributed by atoms with van der Waals surface area (Å²) in [6.07, 6.45) is 9.74. The maximum absolute atomic E-state index is 4.01. The lowest BCUT2D eigenvalue weighted by molar-refractivity contribution is 0.114. The van der Waals surface area contributed by atoms with Gasteiger partial charge in [-0.3, -0.25) is 0 Å². The summed E-state index contributed by atoms with van der Waals surface area (Å²) >= 11 is 0. The van der Waals surface area contributed by atoms with Gasteiger partial charge in [0, 0.05) is 11.6 Å². The van der Waals surface area contributed by atoms with Gasteiger partial charge in [0.2, 0.25) is 0 Å². The minimum atomic E-state index is 0.399. The quantitative estimate of drug-likeness (QED) is 0.705. The average molecular weight is 223 g/mol. The van der Waals surface area contributed by atoms with Crippen molar-refractivity contribution in [1.29, 1.82) is 0 Å². The van der Waals surface area contributed by atoms with Crippen molar-refractivity contribution in [3.05, 3.63) is 0 Å². The molecule has 1 N–H and O–H groups in total. The Hall–Kier alpha value is -0.0400. The van der Waals surface area contributed by atoms with Crippen molar-refractivity contribution < 1.29 is 0 Å². The fraction of sp³-hybridized carbons (Fsp3) is 1.00. The first-order valence-corrected chi connectivity index (χ1v) is 7.28. The van der Waals surface area contributed by atoms with Crippen LogP contribution in [0, 0.1) is 11.3 Å². The monoisotopic (exact) mass is 223 g/mol. The minimum absolute atomic E-state index is 0.399. The van der Waals surface area contributed by atoms with Crippen molar-refractivity contribution in [2.75, 3.05) is 0 Å². The molecule has 4 atom stereocenters. The molecule has 0 aromatic rings. The predicted molar refractivity (Wildman–Crippen MR) is 70.6 cm³/mol. The van der Waals surface area contributed by atoms with E-state index < -0.39 is 0 Å². The van der Waals surface area contributed by atoms with Gasteiger partial charge in [0.1, 0.15) is 0 Å². The highest BCUT2D eigenvalue weighted by Crippen LogP contribution is 2.48. The van der Waals surface area contributed by atoms with Crippen molar-refractivity contribution in [3.63, 3.8) is 0 Å². The van der Waals surface area contributed by atoms with Crippen LogP contribution in [0.2, 0.25) is 0 Å². The fourth-order valence-corrected chi connectivity index (χ4v) is 3.87. The van der Waals surface area contributed by atoms with E-state index in [1.54, 1.807) is 0 Å². The van der Waals surface area contributed by atoms with Crippen LogP contribution in [0.25, 0.3) is 0 Å². The molecular weight excluding hydrogens is 194 g/mol. The van der Waals surface area contributed by atoms with Crippen molar-refractivity contribution in [3.8, 4) is 0 Å². The van der Waals surface area contributed by atoms with Crippen LogP contribution in [-0.4, -0.2) is 11.6 Å². The molecule has 1 saturated heterocycles. The number of hydrogen-bond acceptors (Lipinski definition) is 1. The third kappa shape index (κ3) is 2.03. The number of hydrogen-bond donors (Lipinski definition) is 1. The number of rotatable bonds is 1. The lowest BCUT2D eigenvalue weighted by Crippen LogP contribution is -2.54. The van der Waals surface area contributed by atoms with Crippen LogP contribution in [0.5, 0.6) is 0 Å². The molecule has 16 heavy (non-hydrogen) atoms. The number of nitrogens with one attached hydrogen (secondary N) is 1. The lowest BCUT2D eigenvalue weighted by Gasteiger charge is -2.44. The van der Waals surface area contributed by atoms with Crippen molar-refractivity contribution >= 4 is 0 Å². The molecule has 0 bridgehead atoms. The van der Waals surface area contributed by atoms with Crippen molar-refractivity contribution in [2.24, 2.45) is 11.3 Å².